The van der Waals surface area contributed by atoms with Gasteiger partial charge in [0.1, 0.15) is 25.4 Å². The molecule has 3 aromatic carbocycles. The third kappa shape index (κ3) is 6.07. The van der Waals surface area contributed by atoms with Crippen molar-refractivity contribution in [3.05, 3.63) is 99.5 Å². The van der Waals surface area contributed by atoms with Crippen LogP contribution in [0.3, 0.4) is 0 Å². The highest BCUT2D eigenvalue weighted by Crippen LogP contribution is 2.26. The molecule has 0 aromatic heterocycles. The number of carbonyl (C=O) groups is 1. The second-order valence-electron chi connectivity index (χ2n) is 7.63. The topological polar surface area (TPSA) is 26.3 Å². The van der Waals surface area contributed by atoms with Crippen LogP contribution in [0.15, 0.2) is 72.8 Å². The zero-order valence-electron chi connectivity index (χ0n) is 16.6. The Hall–Kier alpha value is -2.33. The van der Waals surface area contributed by atoms with Crippen LogP contribution < -0.4 is 4.74 Å². The lowest BCUT2D eigenvalue weighted by Gasteiger charge is -2.30. The molecule has 3 rings (SSSR count). The van der Waals surface area contributed by atoms with Crippen LogP contribution in [-0.4, -0.2) is 37.5 Å². The van der Waals surface area contributed by atoms with Crippen LogP contribution in [0.5, 0.6) is 5.75 Å². The SMILES string of the molecule is C[N+](C)(CCOc1ccc(Cl)cc1C(=O)c1ccc(Cl)cc1)Cc1ccccc1. The third-order valence-corrected chi connectivity index (χ3v) is 5.19. The van der Waals surface area contributed by atoms with E-state index in [1.165, 1.54) is 5.56 Å². The number of ketones is 1. The molecule has 0 N–H and O–H groups in total. The quantitative estimate of drug-likeness (QED) is 0.330. The fourth-order valence-electron chi connectivity index (χ4n) is 3.12. The fraction of sp³-hybridized carbons (Fsp3) is 0.208. The van der Waals surface area contributed by atoms with Gasteiger partial charge in [0.15, 0.2) is 5.78 Å². The average molecular weight is 429 g/mol. The van der Waals surface area contributed by atoms with Crippen molar-refractivity contribution in [1.29, 1.82) is 0 Å². The van der Waals surface area contributed by atoms with Crippen molar-refractivity contribution in [2.24, 2.45) is 0 Å². The molecule has 0 heterocycles. The molecular formula is C24H24Cl2NO2+. The Morgan fingerprint density at radius 2 is 1.55 bits per heavy atom. The van der Waals surface area contributed by atoms with Crippen LogP contribution in [0.4, 0.5) is 0 Å². The van der Waals surface area contributed by atoms with Gasteiger partial charge in [0, 0.05) is 21.2 Å². The van der Waals surface area contributed by atoms with Gasteiger partial charge in [-0.05, 0) is 42.5 Å². The first-order valence-corrected chi connectivity index (χ1v) is 10.2. The lowest BCUT2D eigenvalue weighted by atomic mass is 10.0. The second-order valence-corrected chi connectivity index (χ2v) is 8.50. The van der Waals surface area contributed by atoms with E-state index in [9.17, 15) is 4.79 Å². The van der Waals surface area contributed by atoms with E-state index in [0.29, 0.717) is 33.5 Å². The van der Waals surface area contributed by atoms with Gasteiger partial charge in [-0.2, -0.15) is 0 Å². The molecule has 0 amide bonds. The molecule has 0 bridgehead atoms. The van der Waals surface area contributed by atoms with Gasteiger partial charge in [-0.3, -0.25) is 4.79 Å². The zero-order valence-corrected chi connectivity index (χ0v) is 18.1. The lowest BCUT2D eigenvalue weighted by Crippen LogP contribution is -2.42. The Bertz CT molecular complexity index is 970. The second kappa shape index (κ2) is 9.45. The molecule has 0 saturated carbocycles. The number of quaternary nitrogens is 1. The van der Waals surface area contributed by atoms with Crippen LogP contribution in [0.25, 0.3) is 0 Å². The highest BCUT2D eigenvalue weighted by Gasteiger charge is 2.19. The molecule has 0 fully saturated rings. The van der Waals surface area contributed by atoms with Crippen molar-refractivity contribution in [2.75, 3.05) is 27.2 Å². The van der Waals surface area contributed by atoms with E-state index in [1.807, 2.05) is 18.2 Å². The van der Waals surface area contributed by atoms with Gasteiger partial charge in [0.05, 0.1) is 19.7 Å². The minimum atomic E-state index is -0.141. The van der Waals surface area contributed by atoms with E-state index in [1.54, 1.807) is 42.5 Å². The van der Waals surface area contributed by atoms with E-state index in [-0.39, 0.29) is 5.78 Å². The Balaban J connectivity index is 1.69. The normalized spacial score (nSPS) is 11.3. The van der Waals surface area contributed by atoms with E-state index < -0.39 is 0 Å². The number of hydrogen-bond donors (Lipinski definition) is 0. The summed E-state index contributed by atoms with van der Waals surface area (Å²) in [6, 6.07) is 22.3. The number of hydrogen-bond acceptors (Lipinski definition) is 2. The predicted molar refractivity (Wildman–Crippen MR) is 119 cm³/mol. The third-order valence-electron chi connectivity index (χ3n) is 4.70. The maximum atomic E-state index is 12.9. The number of rotatable bonds is 8. The minimum absolute atomic E-state index is 0.141. The summed E-state index contributed by atoms with van der Waals surface area (Å²) in [6.07, 6.45) is 0. The smallest absolute Gasteiger partial charge is 0.196 e. The van der Waals surface area contributed by atoms with Gasteiger partial charge in [-0.15, -0.1) is 0 Å². The minimum Gasteiger partial charge on any atom is -0.487 e. The Kier molecular flexibility index (Phi) is 6.96. The van der Waals surface area contributed by atoms with Crippen molar-refractivity contribution in [3.63, 3.8) is 0 Å². The van der Waals surface area contributed by atoms with Crippen LogP contribution in [0.2, 0.25) is 10.0 Å². The maximum Gasteiger partial charge on any atom is 0.196 e. The fourth-order valence-corrected chi connectivity index (χ4v) is 3.42. The van der Waals surface area contributed by atoms with E-state index in [4.69, 9.17) is 27.9 Å². The molecule has 0 radical (unpaired) electrons. The molecule has 0 aliphatic carbocycles. The molecule has 0 aliphatic heterocycles. The number of likely N-dealkylation sites (N-methyl/N-ethyl adjacent to an activating group) is 1. The lowest BCUT2D eigenvalue weighted by molar-refractivity contribution is -0.903. The van der Waals surface area contributed by atoms with Gasteiger partial charge in [0.2, 0.25) is 0 Å². The molecule has 29 heavy (non-hydrogen) atoms. The molecule has 5 heteroatoms. The average Bonchev–Trinajstić information content (AvgIpc) is 2.69. The Morgan fingerprint density at radius 1 is 0.897 bits per heavy atom. The molecule has 0 aliphatic rings. The molecule has 0 unspecified atom stereocenters. The Labute approximate surface area is 182 Å². The largest absolute Gasteiger partial charge is 0.487 e. The summed E-state index contributed by atoms with van der Waals surface area (Å²) >= 11 is 12.1. The van der Waals surface area contributed by atoms with Gasteiger partial charge < -0.3 is 9.22 Å². The first-order chi connectivity index (χ1) is 13.8. The van der Waals surface area contributed by atoms with Crippen LogP contribution in [0.1, 0.15) is 21.5 Å². The molecule has 150 valence electrons. The first-order valence-electron chi connectivity index (χ1n) is 9.43. The summed E-state index contributed by atoms with van der Waals surface area (Å²) in [4.78, 5) is 12.9. The van der Waals surface area contributed by atoms with Crippen LogP contribution >= 0.6 is 23.2 Å². The van der Waals surface area contributed by atoms with E-state index >= 15 is 0 Å². The first kappa shape index (κ1) is 21.4. The highest BCUT2D eigenvalue weighted by atomic mass is 35.5. The van der Waals surface area contributed by atoms with Crippen molar-refractivity contribution >= 4 is 29.0 Å². The highest BCUT2D eigenvalue weighted by molar-refractivity contribution is 6.31. The molecule has 0 atom stereocenters. The van der Waals surface area contributed by atoms with E-state index in [2.05, 4.69) is 26.2 Å². The summed E-state index contributed by atoms with van der Waals surface area (Å²) in [5.74, 6) is 0.395. The van der Waals surface area contributed by atoms with Gasteiger partial charge in [-0.25, -0.2) is 0 Å². The van der Waals surface area contributed by atoms with Gasteiger partial charge >= 0.3 is 0 Å². The summed E-state index contributed by atoms with van der Waals surface area (Å²) in [7, 11) is 4.33. The summed E-state index contributed by atoms with van der Waals surface area (Å²) in [6.45, 7) is 2.19. The number of carbonyl (C=O) groups excluding carboxylic acids is 1. The van der Waals surface area contributed by atoms with Gasteiger partial charge in [0.25, 0.3) is 0 Å². The molecule has 3 nitrogen and oxygen atoms in total. The predicted octanol–water partition coefficient (Wildman–Crippen LogP) is 5.88. The number of halogens is 2. The number of ether oxygens (including phenoxy) is 1. The standard InChI is InChI=1S/C24H24Cl2NO2/c1-27(2,17-18-6-4-3-5-7-18)14-15-29-23-13-12-21(26)16-22(23)24(28)19-8-10-20(25)11-9-19/h3-13,16H,14-15,17H2,1-2H3/q+1. The molecule has 3 aromatic rings. The molecular weight excluding hydrogens is 405 g/mol. The molecule has 0 spiro atoms. The van der Waals surface area contributed by atoms with Crippen molar-refractivity contribution < 1.29 is 14.0 Å². The van der Waals surface area contributed by atoms with Crippen molar-refractivity contribution in [3.8, 4) is 5.75 Å². The number of benzene rings is 3. The number of nitrogens with zero attached hydrogens (tertiary/aromatic N) is 1. The maximum absolute atomic E-state index is 12.9. The van der Waals surface area contributed by atoms with E-state index in [0.717, 1.165) is 17.6 Å². The zero-order chi connectivity index (χ0) is 20.9. The summed E-state index contributed by atoms with van der Waals surface area (Å²) in [5, 5.41) is 1.08. The van der Waals surface area contributed by atoms with Crippen molar-refractivity contribution in [1.82, 2.24) is 0 Å². The monoisotopic (exact) mass is 428 g/mol. The van der Waals surface area contributed by atoms with Crippen molar-refractivity contribution in [2.45, 2.75) is 6.54 Å². The summed E-state index contributed by atoms with van der Waals surface area (Å²) < 4.78 is 6.79. The Morgan fingerprint density at radius 3 is 2.24 bits per heavy atom. The van der Waals surface area contributed by atoms with Crippen LogP contribution in [-0.2, 0) is 6.54 Å². The summed E-state index contributed by atoms with van der Waals surface area (Å²) in [5.41, 5.74) is 2.28. The molecule has 0 saturated heterocycles. The van der Waals surface area contributed by atoms with Crippen LogP contribution in [0, 0.1) is 0 Å². The van der Waals surface area contributed by atoms with Gasteiger partial charge in [-0.1, -0.05) is 53.5 Å².